The van der Waals surface area contributed by atoms with Crippen molar-refractivity contribution in [1.82, 2.24) is 5.43 Å². The fraction of sp³-hybridized carbons (Fsp3) is 0.111. The molecule has 0 unspecified atom stereocenters. The normalized spacial score (nSPS) is 10.2. The molecule has 0 spiro atoms. The number of urea groups is 1. The third-order valence-electron chi connectivity index (χ3n) is 1.62. The molecule has 0 atom stereocenters. The van der Waals surface area contributed by atoms with Crippen molar-refractivity contribution < 1.29 is 14.6 Å². The largest absolute Gasteiger partial charge is 0.507 e. The van der Waals surface area contributed by atoms with E-state index < -0.39 is 6.03 Å². The van der Waals surface area contributed by atoms with Crippen molar-refractivity contribution in [2.75, 3.05) is 7.11 Å². The lowest BCUT2D eigenvalue weighted by Crippen LogP contribution is -2.24. The SMILES string of the molecule is COc1ccc(C=NNC(N)=O)c(O)c1. The molecule has 0 saturated carbocycles. The first kappa shape index (κ1) is 10.8. The van der Waals surface area contributed by atoms with Crippen LogP contribution >= 0.6 is 0 Å². The summed E-state index contributed by atoms with van der Waals surface area (Å²) >= 11 is 0. The third kappa shape index (κ3) is 3.18. The van der Waals surface area contributed by atoms with E-state index >= 15 is 0 Å². The van der Waals surface area contributed by atoms with Crippen molar-refractivity contribution in [2.45, 2.75) is 0 Å². The Bertz CT molecular complexity index is 390. The van der Waals surface area contributed by atoms with Gasteiger partial charge in [0.15, 0.2) is 0 Å². The Morgan fingerprint density at radius 1 is 1.67 bits per heavy atom. The topological polar surface area (TPSA) is 96.9 Å². The Kier molecular flexibility index (Phi) is 3.50. The van der Waals surface area contributed by atoms with Crippen LogP contribution in [0.2, 0.25) is 0 Å². The van der Waals surface area contributed by atoms with Crippen LogP contribution in [0, 0.1) is 0 Å². The first-order valence-corrected chi connectivity index (χ1v) is 4.09. The summed E-state index contributed by atoms with van der Waals surface area (Å²) in [5.41, 5.74) is 7.26. The molecule has 0 aliphatic rings. The lowest BCUT2D eigenvalue weighted by atomic mass is 10.2. The van der Waals surface area contributed by atoms with Crippen molar-refractivity contribution in [3.05, 3.63) is 23.8 Å². The number of hydrogen-bond acceptors (Lipinski definition) is 4. The van der Waals surface area contributed by atoms with Gasteiger partial charge in [0.2, 0.25) is 0 Å². The molecule has 0 aromatic heterocycles. The number of hydrazone groups is 1. The molecule has 0 aliphatic carbocycles. The second-order valence-electron chi connectivity index (χ2n) is 2.66. The molecule has 6 heteroatoms. The summed E-state index contributed by atoms with van der Waals surface area (Å²) in [4.78, 5) is 10.3. The Labute approximate surface area is 86.4 Å². The van der Waals surface area contributed by atoms with E-state index in [4.69, 9.17) is 10.5 Å². The van der Waals surface area contributed by atoms with Gasteiger partial charge in [-0.2, -0.15) is 5.10 Å². The van der Waals surface area contributed by atoms with Crippen LogP contribution in [-0.4, -0.2) is 24.5 Å². The molecule has 80 valence electrons. The number of phenolic OH excluding ortho intramolecular Hbond substituents is 1. The van der Waals surface area contributed by atoms with Gasteiger partial charge in [0.25, 0.3) is 0 Å². The maximum Gasteiger partial charge on any atom is 0.332 e. The highest BCUT2D eigenvalue weighted by Crippen LogP contribution is 2.21. The van der Waals surface area contributed by atoms with Gasteiger partial charge in [0.05, 0.1) is 13.3 Å². The highest BCUT2D eigenvalue weighted by molar-refractivity contribution is 5.84. The number of primary amides is 1. The van der Waals surface area contributed by atoms with Gasteiger partial charge in [-0.1, -0.05) is 0 Å². The number of phenols is 1. The molecular weight excluding hydrogens is 198 g/mol. The fourth-order valence-corrected chi connectivity index (χ4v) is 0.925. The Morgan fingerprint density at radius 2 is 2.40 bits per heavy atom. The number of benzene rings is 1. The van der Waals surface area contributed by atoms with Crippen LogP contribution in [0.15, 0.2) is 23.3 Å². The van der Waals surface area contributed by atoms with Crippen molar-refractivity contribution in [2.24, 2.45) is 10.8 Å². The zero-order valence-electron chi connectivity index (χ0n) is 8.10. The molecule has 2 amide bonds. The Hall–Kier alpha value is -2.24. The number of amides is 2. The van der Waals surface area contributed by atoms with Crippen LogP contribution in [0.1, 0.15) is 5.56 Å². The fourth-order valence-electron chi connectivity index (χ4n) is 0.925. The summed E-state index contributed by atoms with van der Waals surface area (Å²) in [5.74, 6) is 0.539. The van der Waals surface area contributed by atoms with E-state index in [1.165, 1.54) is 19.4 Å². The molecule has 0 saturated heterocycles. The standard InChI is InChI=1S/C9H11N3O3/c1-15-7-3-2-6(8(13)4-7)5-11-12-9(10)14/h2-5,13H,1H3,(H3,10,12,14). The second kappa shape index (κ2) is 4.85. The van der Waals surface area contributed by atoms with Gasteiger partial charge in [-0.25, -0.2) is 10.2 Å². The number of carbonyl (C=O) groups excluding carboxylic acids is 1. The molecule has 6 nitrogen and oxygen atoms in total. The number of rotatable bonds is 3. The average Bonchev–Trinajstić information content (AvgIpc) is 2.20. The van der Waals surface area contributed by atoms with Gasteiger partial charge in [0, 0.05) is 11.6 Å². The Balaban J connectivity index is 2.78. The lowest BCUT2D eigenvalue weighted by Gasteiger charge is -2.02. The summed E-state index contributed by atoms with van der Waals surface area (Å²) in [5, 5.41) is 13.0. The van der Waals surface area contributed by atoms with Crippen molar-refractivity contribution >= 4 is 12.2 Å². The predicted molar refractivity (Wildman–Crippen MR) is 55.0 cm³/mol. The van der Waals surface area contributed by atoms with Crippen LogP contribution in [0.4, 0.5) is 4.79 Å². The second-order valence-corrected chi connectivity index (χ2v) is 2.66. The first-order valence-electron chi connectivity index (χ1n) is 4.09. The quantitative estimate of drug-likeness (QED) is 0.496. The number of aromatic hydroxyl groups is 1. The molecule has 0 fully saturated rings. The Morgan fingerprint density at radius 3 is 2.93 bits per heavy atom. The van der Waals surface area contributed by atoms with Gasteiger partial charge in [-0.3, -0.25) is 0 Å². The molecule has 0 aliphatic heterocycles. The minimum absolute atomic E-state index is 0.00405. The maximum absolute atomic E-state index is 10.3. The van der Waals surface area contributed by atoms with E-state index in [0.717, 1.165) is 0 Å². The van der Waals surface area contributed by atoms with E-state index in [1.54, 1.807) is 12.1 Å². The maximum atomic E-state index is 10.3. The van der Waals surface area contributed by atoms with E-state index in [2.05, 4.69) is 5.10 Å². The molecule has 1 rings (SSSR count). The third-order valence-corrected chi connectivity index (χ3v) is 1.62. The average molecular weight is 209 g/mol. The number of nitrogens with one attached hydrogen (secondary N) is 1. The van der Waals surface area contributed by atoms with Gasteiger partial charge in [-0.05, 0) is 12.1 Å². The molecule has 1 aromatic rings. The molecule has 0 bridgehead atoms. The number of hydrogen-bond donors (Lipinski definition) is 3. The summed E-state index contributed by atoms with van der Waals surface area (Å²) < 4.78 is 4.90. The molecule has 15 heavy (non-hydrogen) atoms. The van der Waals surface area contributed by atoms with Crippen LogP contribution < -0.4 is 15.9 Å². The number of ether oxygens (including phenoxy) is 1. The minimum Gasteiger partial charge on any atom is -0.507 e. The van der Waals surface area contributed by atoms with Crippen molar-refractivity contribution in [3.8, 4) is 11.5 Å². The van der Waals surface area contributed by atoms with E-state index in [9.17, 15) is 9.90 Å². The highest BCUT2D eigenvalue weighted by Gasteiger charge is 2.00. The zero-order chi connectivity index (χ0) is 11.3. The summed E-state index contributed by atoms with van der Waals surface area (Å²) in [6.45, 7) is 0. The van der Waals surface area contributed by atoms with Gasteiger partial charge in [-0.15, -0.1) is 0 Å². The zero-order valence-corrected chi connectivity index (χ0v) is 8.10. The monoisotopic (exact) mass is 209 g/mol. The van der Waals surface area contributed by atoms with Crippen LogP contribution in [0.25, 0.3) is 0 Å². The van der Waals surface area contributed by atoms with Gasteiger partial charge in [0.1, 0.15) is 11.5 Å². The number of nitrogens with zero attached hydrogens (tertiary/aromatic N) is 1. The number of carbonyl (C=O) groups is 1. The summed E-state index contributed by atoms with van der Waals surface area (Å²) in [6, 6.07) is 3.93. The number of methoxy groups -OCH3 is 1. The molecule has 1 aromatic carbocycles. The predicted octanol–water partition coefficient (Wildman–Crippen LogP) is 0.403. The first-order chi connectivity index (χ1) is 7.13. The van der Waals surface area contributed by atoms with Crippen LogP contribution in [0.5, 0.6) is 11.5 Å². The lowest BCUT2D eigenvalue weighted by molar-refractivity contribution is 0.249. The van der Waals surface area contributed by atoms with E-state index in [0.29, 0.717) is 11.3 Å². The van der Waals surface area contributed by atoms with Crippen molar-refractivity contribution in [3.63, 3.8) is 0 Å². The molecule has 0 radical (unpaired) electrons. The van der Waals surface area contributed by atoms with Gasteiger partial charge >= 0.3 is 6.03 Å². The molecular formula is C9H11N3O3. The summed E-state index contributed by atoms with van der Waals surface area (Å²) in [6.07, 6.45) is 1.28. The van der Waals surface area contributed by atoms with E-state index in [-0.39, 0.29) is 5.75 Å². The highest BCUT2D eigenvalue weighted by atomic mass is 16.5. The minimum atomic E-state index is -0.765. The van der Waals surface area contributed by atoms with Gasteiger partial charge < -0.3 is 15.6 Å². The molecule has 0 heterocycles. The summed E-state index contributed by atoms with van der Waals surface area (Å²) in [7, 11) is 1.50. The van der Waals surface area contributed by atoms with Crippen LogP contribution in [0.3, 0.4) is 0 Å². The molecule has 4 N–H and O–H groups in total. The van der Waals surface area contributed by atoms with Crippen molar-refractivity contribution in [1.29, 1.82) is 0 Å². The number of nitrogens with two attached hydrogens (primary N) is 1. The smallest absolute Gasteiger partial charge is 0.332 e. The van der Waals surface area contributed by atoms with Crippen LogP contribution in [-0.2, 0) is 0 Å². The van der Waals surface area contributed by atoms with E-state index in [1.807, 2.05) is 5.43 Å².